The predicted octanol–water partition coefficient (Wildman–Crippen LogP) is 19.4. The molecule has 1 saturated heterocycles. The summed E-state index contributed by atoms with van der Waals surface area (Å²) in [6, 6.07) is 17.5. The van der Waals surface area contributed by atoms with Gasteiger partial charge in [0.15, 0.2) is 46.3 Å². The third-order valence-electron chi connectivity index (χ3n) is 19.8. The van der Waals surface area contributed by atoms with Gasteiger partial charge in [-0.3, -0.25) is 29.2 Å². The SMILES string of the molecule is CC(Oc1cc(-c2cnn(C(C)(C)C(=O)N3CCNCC3)c2)cnc1N)c1c(Cl)ccc(F)c1Cl.CC(Oc1cc(-c2cnn(C(C)(C)C(=O)NCCCN(C)C)c2)cnc1N)c1c(Cl)ccc(F)c1Cl.Cc1[nH]ncc1-c1cnc(N)c(OC(C)c2c(Cl)ccc(F)c2Cl)c1.Cc1n[nH]c(C)c1-c1cnc(N)c(OC(C)c2c(Cl)ccc(F)c2Cl)c1. The molecule has 0 saturated carbocycles. The third-order valence-corrected chi connectivity index (χ3v) is 22.6. The molecule has 2 amide bonds. The predicted molar refractivity (Wildman–Crippen MR) is 473 cm³/mol. The van der Waals surface area contributed by atoms with Crippen LogP contribution in [0.4, 0.5) is 40.8 Å². The molecule has 12 aromatic rings. The Morgan fingerprint density at radius 2 is 0.861 bits per heavy atom. The summed E-state index contributed by atoms with van der Waals surface area (Å²) in [6.45, 7) is 24.2. The highest BCUT2D eigenvalue weighted by Crippen LogP contribution is 2.43. The number of nitrogens with two attached hydrogens (primary N) is 4. The van der Waals surface area contributed by atoms with Crippen molar-refractivity contribution in [1.29, 1.82) is 0 Å². The summed E-state index contributed by atoms with van der Waals surface area (Å²) in [7, 11) is 3.98. The molecule has 1 aliphatic heterocycles. The number of aromatic nitrogens is 12. The molecular weight excluding hydrogens is 1740 g/mol. The van der Waals surface area contributed by atoms with Crippen LogP contribution in [0.3, 0.4) is 0 Å². The fourth-order valence-corrected chi connectivity index (χ4v) is 15.6. The number of anilines is 4. The molecule has 1 fully saturated rings. The summed E-state index contributed by atoms with van der Waals surface area (Å²) < 4.78 is 82.5. The molecule has 4 atom stereocenters. The molecule has 1 aliphatic rings. The summed E-state index contributed by atoms with van der Waals surface area (Å²) in [4.78, 5) is 46.7. The highest BCUT2D eigenvalue weighted by atomic mass is 35.5. The lowest BCUT2D eigenvalue weighted by Crippen LogP contribution is -2.53. The molecule has 13 rings (SSSR count). The minimum Gasteiger partial charge on any atom is -0.482 e. The number of amides is 2. The highest BCUT2D eigenvalue weighted by Gasteiger charge is 2.36. The molecule has 9 heterocycles. The Morgan fingerprint density at radius 3 is 1.22 bits per heavy atom. The molecule has 12 N–H and O–H groups in total. The maximum atomic E-state index is 14.0. The lowest BCUT2D eigenvalue weighted by Gasteiger charge is -2.34. The standard InChI is InChI=1S/C25H31Cl2FN6O2.C24H27Cl2FN6O2.C18H17Cl2FN4O.C17H15Cl2FN4O/c1-15(21-18(26)7-8-19(28)22(21)27)36-20-11-16(12-31-23(20)29)17-13-32-34(14-17)25(2,3)24(35)30-9-6-10-33(4)5;1-14(20-17(25)4-5-18(27)21(20)26)35-19-10-15(11-30-22(19)28)16-12-31-33(13-16)24(2,3)23(34)32-8-6-29-7-9-32;1-8-15(9(2)25-24-8)11-6-14(18(22)23-7-11)26-10(3)16-12(19)4-5-13(21)17(16)20;1-8-11(7-23-24-8)10-5-14(17(21)22-6-10)25-9(2)15-12(18)3-4-13(20)16(15)19/h7-8,11-15H,6,9-10H2,1-5H3,(H2,29,31)(H,30,35);4-5,10-14,29H,6-9H2,1-3H3,(H2,28,30);4-7,10H,1-3H3,(H2,22,23)(H,24,25);3-7,9H,1-2H3,(H2,21,22)(H,23,24). The number of halogens is 12. The van der Waals surface area contributed by atoms with E-state index in [1.807, 2.05) is 53.6 Å². The van der Waals surface area contributed by atoms with Gasteiger partial charge in [-0.25, -0.2) is 37.5 Å². The van der Waals surface area contributed by atoms with E-state index in [2.05, 4.69) is 66.1 Å². The van der Waals surface area contributed by atoms with Crippen LogP contribution < -0.4 is 52.5 Å². The second-order valence-corrected chi connectivity index (χ2v) is 32.8. The molecule has 0 aliphatic carbocycles. The van der Waals surface area contributed by atoms with E-state index >= 15 is 0 Å². The molecule has 122 heavy (non-hydrogen) atoms. The molecule has 38 heteroatoms. The van der Waals surface area contributed by atoms with Crippen molar-refractivity contribution < 1.29 is 46.1 Å². The van der Waals surface area contributed by atoms with Gasteiger partial charge in [-0.2, -0.15) is 20.4 Å². The molecule has 646 valence electrons. The molecule has 8 aromatic heterocycles. The second-order valence-electron chi connectivity index (χ2n) is 29.6. The van der Waals surface area contributed by atoms with Gasteiger partial charge < -0.3 is 62.3 Å². The largest absolute Gasteiger partial charge is 0.482 e. The number of nitrogens with one attached hydrogen (secondary N) is 4. The average molecular weight is 1840 g/mol. The Labute approximate surface area is 742 Å². The molecule has 4 unspecified atom stereocenters. The number of hydrogen-bond donors (Lipinski definition) is 8. The van der Waals surface area contributed by atoms with Crippen LogP contribution in [-0.4, -0.2) is 135 Å². The zero-order valence-electron chi connectivity index (χ0n) is 68.5. The Hall–Kier alpha value is -10.4. The average Bonchev–Trinajstić information content (AvgIpc) is 1.76. The van der Waals surface area contributed by atoms with E-state index in [-0.39, 0.29) is 76.7 Å². The summed E-state index contributed by atoms with van der Waals surface area (Å²) >= 11 is 49.1. The number of H-pyrrole nitrogens is 2. The molecule has 26 nitrogen and oxygen atoms in total. The van der Waals surface area contributed by atoms with E-state index in [0.717, 1.165) is 76.5 Å². The van der Waals surface area contributed by atoms with Gasteiger partial charge in [0.25, 0.3) is 0 Å². The van der Waals surface area contributed by atoms with Gasteiger partial charge in [-0.15, -0.1) is 0 Å². The summed E-state index contributed by atoms with van der Waals surface area (Å²) in [5.74, 6) is -0.441. The van der Waals surface area contributed by atoms with Crippen LogP contribution in [0, 0.1) is 44.0 Å². The van der Waals surface area contributed by atoms with Crippen molar-refractivity contribution in [2.24, 2.45) is 0 Å². The number of carbonyl (C=O) groups excluding carboxylic acids is 2. The first kappa shape index (κ1) is 93.9. The minimum atomic E-state index is -0.906. The number of rotatable bonds is 24. The fraction of sp³-hybridized carbons (Fsp3) is 0.310. The van der Waals surface area contributed by atoms with Gasteiger partial charge in [-0.1, -0.05) is 92.8 Å². The Bertz CT molecular complexity index is 5730. The smallest absolute Gasteiger partial charge is 0.250 e. The Balaban J connectivity index is 0.000000173. The van der Waals surface area contributed by atoms with Crippen molar-refractivity contribution in [3.8, 4) is 67.5 Å². The molecule has 4 aromatic carbocycles. The Kier molecular flexibility index (Phi) is 31.4. The van der Waals surface area contributed by atoms with Crippen molar-refractivity contribution in [3.05, 3.63) is 231 Å². The van der Waals surface area contributed by atoms with Crippen molar-refractivity contribution in [2.75, 3.05) is 76.3 Å². The lowest BCUT2D eigenvalue weighted by molar-refractivity contribution is -0.140. The lowest BCUT2D eigenvalue weighted by atomic mass is 10.0. The molecule has 0 radical (unpaired) electrons. The summed E-state index contributed by atoms with van der Waals surface area (Å²) in [5, 5.41) is 29.9. The zero-order chi connectivity index (χ0) is 89.1. The first-order valence-corrected chi connectivity index (χ1v) is 41.0. The number of carbonyl (C=O) groups is 2. The van der Waals surface area contributed by atoms with Crippen LogP contribution in [-0.2, 0) is 20.7 Å². The molecule has 0 bridgehead atoms. The first-order valence-electron chi connectivity index (χ1n) is 38.0. The van der Waals surface area contributed by atoms with Gasteiger partial charge in [0.1, 0.15) is 58.8 Å². The van der Waals surface area contributed by atoms with Gasteiger partial charge in [0.05, 0.1) is 44.4 Å². The Morgan fingerprint density at radius 1 is 0.500 bits per heavy atom. The van der Waals surface area contributed by atoms with Crippen LogP contribution in [0.25, 0.3) is 44.5 Å². The van der Waals surface area contributed by atoms with Crippen LogP contribution >= 0.6 is 92.8 Å². The van der Waals surface area contributed by atoms with Crippen LogP contribution in [0.15, 0.2) is 129 Å². The number of hydrogen-bond acceptors (Lipinski definition) is 20. The first-order chi connectivity index (χ1) is 57.7. The van der Waals surface area contributed by atoms with E-state index in [4.69, 9.17) is 135 Å². The summed E-state index contributed by atoms with van der Waals surface area (Å²) in [5.41, 5.74) is 32.4. The van der Waals surface area contributed by atoms with Crippen molar-refractivity contribution >= 4 is 128 Å². The topological polar surface area (TPSA) is 350 Å². The van der Waals surface area contributed by atoms with Gasteiger partial charge >= 0.3 is 0 Å². The number of piperazine rings is 1. The number of nitrogens with zero attached hydrogens (tertiary/aromatic N) is 12. The quantitative estimate of drug-likeness (QED) is 0.0158. The van der Waals surface area contributed by atoms with Crippen molar-refractivity contribution in [2.45, 2.75) is 118 Å². The number of nitrogen functional groups attached to an aromatic ring is 4. The van der Waals surface area contributed by atoms with E-state index in [9.17, 15) is 27.2 Å². The normalized spacial score (nSPS) is 13.2. The maximum Gasteiger partial charge on any atom is 0.250 e. The van der Waals surface area contributed by atoms with Gasteiger partial charge in [0.2, 0.25) is 11.8 Å². The fourth-order valence-electron chi connectivity index (χ4n) is 12.9. The number of aryl methyl sites for hydroxylation is 3. The number of ether oxygens (including phenoxy) is 4. The van der Waals surface area contributed by atoms with Crippen LogP contribution in [0.1, 0.15) is 126 Å². The van der Waals surface area contributed by atoms with Gasteiger partial charge in [-0.05, 0) is 176 Å². The third kappa shape index (κ3) is 22.2. The minimum absolute atomic E-state index is 0.00535. The van der Waals surface area contributed by atoms with Crippen LogP contribution in [0.5, 0.6) is 23.0 Å². The number of benzene rings is 4. The van der Waals surface area contributed by atoms with E-state index in [1.165, 1.54) is 48.5 Å². The monoisotopic (exact) mass is 1830 g/mol. The zero-order valence-corrected chi connectivity index (χ0v) is 74.6. The van der Waals surface area contributed by atoms with E-state index < -0.39 is 58.8 Å². The second kappa shape index (κ2) is 40.7. The van der Waals surface area contributed by atoms with E-state index in [0.29, 0.717) is 74.6 Å². The maximum absolute atomic E-state index is 14.0. The van der Waals surface area contributed by atoms with Crippen molar-refractivity contribution in [1.82, 2.24) is 80.3 Å². The summed E-state index contributed by atoms with van der Waals surface area (Å²) in [6.07, 6.45) is 13.2. The van der Waals surface area contributed by atoms with Gasteiger partial charge in [0, 0.05) is 168 Å². The highest BCUT2D eigenvalue weighted by molar-refractivity contribution is 6.38. The van der Waals surface area contributed by atoms with Crippen LogP contribution in [0.2, 0.25) is 40.2 Å². The van der Waals surface area contributed by atoms with E-state index in [1.54, 1.807) is 131 Å². The number of aromatic amines is 2. The molecular formula is C84H90Cl8F4N20O6. The molecule has 0 spiro atoms. The van der Waals surface area contributed by atoms with Crippen molar-refractivity contribution in [3.63, 3.8) is 0 Å². The number of pyridine rings is 4.